The van der Waals surface area contributed by atoms with E-state index in [-0.39, 0.29) is 0 Å². The van der Waals surface area contributed by atoms with Crippen molar-refractivity contribution < 1.29 is 0 Å². The third-order valence-corrected chi connectivity index (χ3v) is 5.44. The van der Waals surface area contributed by atoms with Gasteiger partial charge in [0.1, 0.15) is 0 Å². The van der Waals surface area contributed by atoms with Crippen LogP contribution in [-0.2, 0) is 0 Å². The highest BCUT2D eigenvalue weighted by atomic mass is 79.9. The predicted octanol–water partition coefficient (Wildman–Crippen LogP) is 4.31. The summed E-state index contributed by atoms with van der Waals surface area (Å²) in [6.45, 7) is 12.7. The molecule has 1 nitrogen and oxygen atoms in total. The molecule has 0 aromatic heterocycles. The van der Waals surface area contributed by atoms with Gasteiger partial charge in [0.2, 0.25) is 0 Å². The average Bonchev–Trinajstić information content (AvgIpc) is 2.25. The van der Waals surface area contributed by atoms with Crippen LogP contribution < -0.4 is 0 Å². The largest absolute Gasteiger partial charge is 0.301 e. The van der Waals surface area contributed by atoms with Gasteiger partial charge < -0.3 is 4.90 Å². The third-order valence-electron chi connectivity index (χ3n) is 4.25. The molecule has 0 amide bonds. The molecule has 0 atom stereocenters. The molecule has 0 aromatic rings. The van der Waals surface area contributed by atoms with E-state index in [0.717, 1.165) is 5.33 Å². The molecule has 0 bridgehead atoms. The summed E-state index contributed by atoms with van der Waals surface area (Å²) in [4.78, 5) is 2.52. The molecule has 0 radical (unpaired) electrons. The van der Waals surface area contributed by atoms with E-state index < -0.39 is 0 Å². The first-order valence-electron chi connectivity index (χ1n) is 6.14. The molecule has 0 saturated carbocycles. The normalized spacial score (nSPS) is 13.6. The summed E-state index contributed by atoms with van der Waals surface area (Å²) in [5.41, 5.74) is 0.763. The first-order chi connectivity index (χ1) is 6.87. The van der Waals surface area contributed by atoms with Crippen molar-refractivity contribution >= 4 is 15.9 Å². The van der Waals surface area contributed by atoms with Gasteiger partial charge in [-0.25, -0.2) is 0 Å². The van der Waals surface area contributed by atoms with Crippen molar-refractivity contribution in [2.45, 2.75) is 59.4 Å². The molecule has 0 unspecified atom stereocenters. The molecule has 0 aliphatic carbocycles. The molecule has 0 rings (SSSR count). The molecule has 0 saturated heterocycles. The lowest BCUT2D eigenvalue weighted by Crippen LogP contribution is -2.47. The van der Waals surface area contributed by atoms with Gasteiger partial charge in [0.15, 0.2) is 0 Å². The van der Waals surface area contributed by atoms with E-state index in [1.807, 2.05) is 0 Å². The molecule has 15 heavy (non-hydrogen) atoms. The van der Waals surface area contributed by atoms with Crippen molar-refractivity contribution in [3.05, 3.63) is 0 Å². The number of alkyl halides is 1. The monoisotopic (exact) mass is 277 g/mol. The maximum Gasteiger partial charge on any atom is 0.0147 e. The van der Waals surface area contributed by atoms with Crippen molar-refractivity contribution in [1.29, 1.82) is 0 Å². The number of halogens is 1. The molecular weight excluding hydrogens is 250 g/mol. The number of nitrogens with zero attached hydrogens (tertiary/aromatic N) is 1. The minimum absolute atomic E-state index is 0.317. The highest BCUT2D eigenvalue weighted by molar-refractivity contribution is 9.09. The number of hydrogen-bond acceptors (Lipinski definition) is 1. The summed E-state index contributed by atoms with van der Waals surface area (Å²) in [7, 11) is 2.26. The summed E-state index contributed by atoms with van der Waals surface area (Å²) in [5.74, 6) is 0. The first-order valence-corrected chi connectivity index (χ1v) is 7.26. The van der Waals surface area contributed by atoms with Crippen LogP contribution in [0.15, 0.2) is 0 Å². The van der Waals surface area contributed by atoms with Crippen LogP contribution in [0.25, 0.3) is 0 Å². The van der Waals surface area contributed by atoms with Crippen LogP contribution in [0, 0.1) is 5.41 Å². The van der Waals surface area contributed by atoms with Crippen molar-refractivity contribution in [3.63, 3.8) is 0 Å². The van der Waals surface area contributed by atoms with E-state index in [4.69, 9.17) is 0 Å². The Labute approximate surface area is 105 Å². The van der Waals surface area contributed by atoms with E-state index in [0.29, 0.717) is 11.0 Å². The van der Waals surface area contributed by atoms with E-state index >= 15 is 0 Å². The highest BCUT2D eigenvalue weighted by Gasteiger charge is 2.31. The zero-order valence-corrected chi connectivity index (χ0v) is 12.9. The van der Waals surface area contributed by atoms with Gasteiger partial charge >= 0.3 is 0 Å². The summed E-state index contributed by atoms with van der Waals surface area (Å²) in [6, 6.07) is 0. The summed E-state index contributed by atoms with van der Waals surface area (Å²) in [5, 5.41) is 1.11. The maximum absolute atomic E-state index is 3.68. The van der Waals surface area contributed by atoms with Gasteiger partial charge in [-0.3, -0.25) is 0 Å². The van der Waals surface area contributed by atoms with Gasteiger partial charge in [0, 0.05) is 17.4 Å². The van der Waals surface area contributed by atoms with Crippen LogP contribution in [0.4, 0.5) is 0 Å². The average molecular weight is 278 g/mol. The molecule has 0 aliphatic heterocycles. The fourth-order valence-corrected chi connectivity index (χ4v) is 2.66. The van der Waals surface area contributed by atoms with Gasteiger partial charge in [-0.2, -0.15) is 0 Å². The topological polar surface area (TPSA) is 3.24 Å². The Morgan fingerprint density at radius 3 is 1.73 bits per heavy atom. The van der Waals surface area contributed by atoms with Crippen LogP contribution in [0.5, 0.6) is 0 Å². The van der Waals surface area contributed by atoms with Gasteiger partial charge in [0.25, 0.3) is 0 Å². The van der Waals surface area contributed by atoms with E-state index in [2.05, 4.69) is 62.5 Å². The Morgan fingerprint density at radius 2 is 1.47 bits per heavy atom. The fourth-order valence-electron chi connectivity index (χ4n) is 1.69. The van der Waals surface area contributed by atoms with E-state index in [9.17, 15) is 0 Å². The number of hydrogen-bond donors (Lipinski definition) is 0. The second-order valence-corrected chi connectivity index (χ2v) is 5.92. The molecule has 92 valence electrons. The van der Waals surface area contributed by atoms with Crippen LogP contribution in [-0.4, -0.2) is 29.4 Å². The molecule has 2 heteroatoms. The Bertz CT molecular complexity index is 165. The number of rotatable bonds is 7. The third kappa shape index (κ3) is 4.07. The molecule has 0 spiro atoms. The second-order valence-electron chi connectivity index (χ2n) is 5.36. The zero-order valence-electron chi connectivity index (χ0n) is 11.4. The molecule has 0 aromatic carbocycles. The Balaban J connectivity index is 4.54. The standard InChI is InChI=1S/C13H28BrN/c1-7-12(4,5)15(6)11-13(8-2,9-3)10-14/h7-11H2,1-6H3. The van der Waals surface area contributed by atoms with Crippen molar-refractivity contribution in [3.8, 4) is 0 Å². The minimum Gasteiger partial charge on any atom is -0.301 e. The van der Waals surface area contributed by atoms with Crippen LogP contribution in [0.3, 0.4) is 0 Å². The van der Waals surface area contributed by atoms with Gasteiger partial charge in [0.05, 0.1) is 0 Å². The molecule has 0 N–H and O–H groups in total. The molecule has 0 aliphatic rings. The summed E-state index contributed by atoms with van der Waals surface area (Å²) in [6.07, 6.45) is 3.70. The van der Waals surface area contributed by atoms with Crippen LogP contribution in [0.2, 0.25) is 0 Å². The second kappa shape index (κ2) is 6.24. The van der Waals surface area contributed by atoms with Crippen LogP contribution in [0.1, 0.15) is 53.9 Å². The molecule has 0 fully saturated rings. The highest BCUT2D eigenvalue weighted by Crippen LogP contribution is 2.32. The van der Waals surface area contributed by atoms with Crippen LogP contribution >= 0.6 is 15.9 Å². The fraction of sp³-hybridized carbons (Fsp3) is 1.00. The zero-order chi connectivity index (χ0) is 12.1. The Hall–Kier alpha value is 0.440. The summed E-state index contributed by atoms with van der Waals surface area (Å²) >= 11 is 3.68. The Morgan fingerprint density at radius 1 is 1.00 bits per heavy atom. The molecule has 0 heterocycles. The van der Waals surface area contributed by atoms with Crippen molar-refractivity contribution in [1.82, 2.24) is 4.90 Å². The van der Waals surface area contributed by atoms with E-state index in [1.165, 1.54) is 25.8 Å². The SMILES string of the molecule is CCC(CC)(CBr)CN(C)C(C)(C)CC. The quantitative estimate of drug-likeness (QED) is 0.627. The minimum atomic E-state index is 0.317. The van der Waals surface area contributed by atoms with Gasteiger partial charge in [-0.05, 0) is 45.6 Å². The smallest absolute Gasteiger partial charge is 0.0147 e. The molecular formula is C13H28BrN. The first kappa shape index (κ1) is 15.4. The Kier molecular flexibility index (Phi) is 6.43. The van der Waals surface area contributed by atoms with Crippen molar-refractivity contribution in [2.24, 2.45) is 5.41 Å². The van der Waals surface area contributed by atoms with Crippen molar-refractivity contribution in [2.75, 3.05) is 18.9 Å². The lowest BCUT2D eigenvalue weighted by Gasteiger charge is -2.42. The van der Waals surface area contributed by atoms with Gasteiger partial charge in [-0.15, -0.1) is 0 Å². The summed E-state index contributed by atoms with van der Waals surface area (Å²) < 4.78 is 0. The lowest BCUT2D eigenvalue weighted by atomic mass is 9.82. The predicted molar refractivity (Wildman–Crippen MR) is 73.8 cm³/mol. The maximum atomic E-state index is 3.68. The van der Waals surface area contributed by atoms with E-state index in [1.54, 1.807) is 0 Å². The van der Waals surface area contributed by atoms with Gasteiger partial charge in [-0.1, -0.05) is 36.7 Å². The lowest BCUT2D eigenvalue weighted by molar-refractivity contribution is 0.0883.